The molecule has 0 atom stereocenters. The lowest BCUT2D eigenvalue weighted by Gasteiger charge is -2.28. The van der Waals surface area contributed by atoms with Gasteiger partial charge >= 0.3 is 12.0 Å². The molecule has 0 spiro atoms. The smallest absolute Gasteiger partial charge is 0.325 e. The number of amides is 4. The van der Waals surface area contributed by atoms with Gasteiger partial charge in [0.15, 0.2) is 6.61 Å². The molecule has 0 aromatic heterocycles. The van der Waals surface area contributed by atoms with Gasteiger partial charge in [-0.2, -0.15) is 0 Å². The normalized spacial score (nSPS) is 12.7. The molecule has 3 rings (SSSR count). The van der Waals surface area contributed by atoms with E-state index in [0.717, 1.165) is 10.6 Å². The van der Waals surface area contributed by atoms with Gasteiger partial charge in [-0.3, -0.25) is 19.7 Å². The molecule has 1 heterocycles. The van der Waals surface area contributed by atoms with Gasteiger partial charge in [0.1, 0.15) is 0 Å². The molecule has 0 radical (unpaired) electrons. The number of hydrogen-bond acceptors (Lipinski definition) is 6. The summed E-state index contributed by atoms with van der Waals surface area (Å²) in [5.74, 6) is -1.16. The van der Waals surface area contributed by atoms with Crippen molar-refractivity contribution in [1.82, 2.24) is 5.32 Å². The van der Waals surface area contributed by atoms with E-state index in [1.165, 1.54) is 11.8 Å². The van der Waals surface area contributed by atoms with Crippen LogP contribution in [-0.4, -0.2) is 42.7 Å². The standard InChI is InChI=1S/C20H19N3O5S/c24-17(22-20(27)21-14-6-2-1-3-7-14)12-28-19(26)10-11-23-15-8-4-5-9-16(15)29-13-18(23)25/h1-9H,10-13H2,(H2,21,22,24,27). The lowest BCUT2D eigenvalue weighted by atomic mass is 10.2. The number of rotatable bonds is 6. The zero-order valence-electron chi connectivity index (χ0n) is 15.4. The van der Waals surface area contributed by atoms with Gasteiger partial charge in [0.05, 0.1) is 17.9 Å². The van der Waals surface area contributed by atoms with Gasteiger partial charge < -0.3 is 15.0 Å². The molecular weight excluding hydrogens is 394 g/mol. The molecule has 8 nitrogen and oxygen atoms in total. The van der Waals surface area contributed by atoms with Crippen molar-refractivity contribution in [3.05, 3.63) is 54.6 Å². The third kappa shape index (κ3) is 5.82. The number of ether oxygens (including phenoxy) is 1. The molecule has 0 fully saturated rings. The summed E-state index contributed by atoms with van der Waals surface area (Å²) < 4.78 is 4.90. The fraction of sp³-hybridized carbons (Fsp3) is 0.200. The molecule has 0 unspecified atom stereocenters. The molecule has 2 aromatic rings. The van der Waals surface area contributed by atoms with Crippen LogP contribution in [0.15, 0.2) is 59.5 Å². The van der Waals surface area contributed by atoms with Crippen LogP contribution in [0.5, 0.6) is 0 Å². The van der Waals surface area contributed by atoms with Gasteiger partial charge in [-0.1, -0.05) is 30.3 Å². The van der Waals surface area contributed by atoms with Crippen LogP contribution in [0.1, 0.15) is 6.42 Å². The van der Waals surface area contributed by atoms with Crippen molar-refractivity contribution in [3.63, 3.8) is 0 Å². The van der Waals surface area contributed by atoms with Crippen LogP contribution in [-0.2, 0) is 19.1 Å². The van der Waals surface area contributed by atoms with E-state index in [1.54, 1.807) is 35.2 Å². The highest BCUT2D eigenvalue weighted by Gasteiger charge is 2.25. The number of carbonyl (C=O) groups excluding carboxylic acids is 4. The molecule has 9 heteroatoms. The Labute approximate surface area is 171 Å². The second kappa shape index (κ2) is 9.74. The van der Waals surface area contributed by atoms with Crippen LogP contribution in [0.2, 0.25) is 0 Å². The monoisotopic (exact) mass is 413 g/mol. The van der Waals surface area contributed by atoms with Crippen LogP contribution in [0, 0.1) is 0 Å². The van der Waals surface area contributed by atoms with Crippen molar-refractivity contribution >= 4 is 47.0 Å². The van der Waals surface area contributed by atoms with Crippen LogP contribution < -0.4 is 15.5 Å². The SMILES string of the molecule is O=C(COC(=O)CCN1C(=O)CSc2ccccc21)NC(=O)Nc1ccccc1. The summed E-state index contributed by atoms with van der Waals surface area (Å²) in [7, 11) is 0. The summed E-state index contributed by atoms with van der Waals surface area (Å²) >= 11 is 1.46. The molecule has 0 aliphatic carbocycles. The second-order valence-corrected chi connectivity index (χ2v) is 7.10. The topological polar surface area (TPSA) is 105 Å². The van der Waals surface area contributed by atoms with Crippen molar-refractivity contribution in [2.24, 2.45) is 0 Å². The molecular formula is C20H19N3O5S. The number of benzene rings is 2. The molecule has 0 bridgehead atoms. The lowest BCUT2D eigenvalue weighted by molar-refractivity contribution is -0.148. The quantitative estimate of drug-likeness (QED) is 0.705. The maximum atomic E-state index is 12.2. The van der Waals surface area contributed by atoms with E-state index in [-0.39, 0.29) is 18.9 Å². The Morgan fingerprint density at radius 3 is 2.55 bits per heavy atom. The highest BCUT2D eigenvalue weighted by Crippen LogP contribution is 2.34. The molecule has 1 aliphatic rings. The Morgan fingerprint density at radius 1 is 1.03 bits per heavy atom. The Bertz CT molecular complexity index is 919. The molecule has 2 N–H and O–H groups in total. The van der Waals surface area contributed by atoms with Crippen molar-refractivity contribution in [2.75, 3.05) is 29.1 Å². The maximum Gasteiger partial charge on any atom is 0.325 e. The van der Waals surface area contributed by atoms with E-state index in [2.05, 4.69) is 10.6 Å². The largest absolute Gasteiger partial charge is 0.456 e. The van der Waals surface area contributed by atoms with Crippen LogP contribution in [0.4, 0.5) is 16.2 Å². The number of nitrogens with zero attached hydrogens (tertiary/aromatic N) is 1. The van der Waals surface area contributed by atoms with E-state index in [9.17, 15) is 19.2 Å². The Morgan fingerprint density at radius 2 is 1.76 bits per heavy atom. The minimum absolute atomic E-state index is 0.0613. The lowest BCUT2D eigenvalue weighted by Crippen LogP contribution is -2.38. The van der Waals surface area contributed by atoms with E-state index < -0.39 is 24.5 Å². The average molecular weight is 413 g/mol. The third-order valence-electron chi connectivity index (χ3n) is 4.00. The van der Waals surface area contributed by atoms with Crippen LogP contribution in [0.3, 0.4) is 0 Å². The zero-order chi connectivity index (χ0) is 20.6. The molecule has 29 heavy (non-hydrogen) atoms. The van der Waals surface area contributed by atoms with Crippen LogP contribution in [0.25, 0.3) is 0 Å². The predicted molar refractivity (Wildman–Crippen MR) is 109 cm³/mol. The minimum atomic E-state index is -0.748. The Kier molecular flexibility index (Phi) is 6.85. The average Bonchev–Trinajstić information content (AvgIpc) is 2.72. The Balaban J connectivity index is 1.41. The van der Waals surface area contributed by atoms with E-state index >= 15 is 0 Å². The number of anilines is 2. The fourth-order valence-electron chi connectivity index (χ4n) is 2.67. The van der Waals surface area contributed by atoms with E-state index in [0.29, 0.717) is 11.4 Å². The van der Waals surface area contributed by atoms with Gasteiger partial charge in [-0.05, 0) is 24.3 Å². The maximum absolute atomic E-state index is 12.2. The van der Waals surface area contributed by atoms with Crippen molar-refractivity contribution in [2.45, 2.75) is 11.3 Å². The van der Waals surface area contributed by atoms with E-state index in [4.69, 9.17) is 4.74 Å². The van der Waals surface area contributed by atoms with Gasteiger partial charge in [0, 0.05) is 17.1 Å². The molecule has 0 saturated carbocycles. The summed E-state index contributed by atoms with van der Waals surface area (Å²) in [6.07, 6.45) is -0.0613. The van der Waals surface area contributed by atoms with Gasteiger partial charge in [-0.15, -0.1) is 11.8 Å². The number of esters is 1. The highest BCUT2D eigenvalue weighted by atomic mass is 32.2. The van der Waals surface area contributed by atoms with E-state index in [1.807, 2.05) is 24.3 Å². The summed E-state index contributed by atoms with van der Waals surface area (Å²) in [5, 5.41) is 4.56. The summed E-state index contributed by atoms with van der Waals surface area (Å²) in [5.41, 5.74) is 1.29. The number of thioether (sulfide) groups is 1. The van der Waals surface area contributed by atoms with Crippen molar-refractivity contribution in [3.8, 4) is 0 Å². The first-order valence-electron chi connectivity index (χ1n) is 8.86. The molecule has 2 aromatic carbocycles. The van der Waals surface area contributed by atoms with Gasteiger partial charge in [-0.25, -0.2) is 4.79 Å². The number of nitrogens with one attached hydrogen (secondary N) is 2. The number of hydrogen-bond donors (Lipinski definition) is 2. The number of fused-ring (bicyclic) bond motifs is 1. The molecule has 0 saturated heterocycles. The predicted octanol–water partition coefficient (Wildman–Crippen LogP) is 2.41. The second-order valence-electron chi connectivity index (χ2n) is 6.08. The molecule has 4 amide bonds. The fourth-order valence-corrected chi connectivity index (χ4v) is 3.60. The highest BCUT2D eigenvalue weighted by molar-refractivity contribution is 8.00. The van der Waals surface area contributed by atoms with Crippen molar-refractivity contribution < 1.29 is 23.9 Å². The van der Waals surface area contributed by atoms with Crippen molar-refractivity contribution in [1.29, 1.82) is 0 Å². The summed E-state index contributed by atoms with van der Waals surface area (Å²) in [6.45, 7) is -0.424. The zero-order valence-corrected chi connectivity index (χ0v) is 16.2. The number of urea groups is 1. The van der Waals surface area contributed by atoms with Gasteiger partial charge in [0.2, 0.25) is 5.91 Å². The summed E-state index contributed by atoms with van der Waals surface area (Å²) in [4.78, 5) is 50.1. The molecule has 1 aliphatic heterocycles. The first-order valence-corrected chi connectivity index (χ1v) is 9.85. The third-order valence-corrected chi connectivity index (χ3v) is 5.04. The first kappa shape index (κ1) is 20.4. The number of imide groups is 1. The molecule has 150 valence electrons. The Hall–Kier alpha value is -3.33. The minimum Gasteiger partial charge on any atom is -0.456 e. The number of carbonyl (C=O) groups is 4. The number of para-hydroxylation sites is 2. The van der Waals surface area contributed by atoms with Crippen LogP contribution >= 0.6 is 11.8 Å². The summed E-state index contributed by atoms with van der Waals surface area (Å²) in [6, 6.07) is 15.4. The first-order chi connectivity index (χ1) is 14.0. The van der Waals surface area contributed by atoms with Gasteiger partial charge in [0.25, 0.3) is 5.91 Å².